The molecule has 1 saturated heterocycles. The fourth-order valence-corrected chi connectivity index (χ4v) is 2.26. The van der Waals surface area contributed by atoms with Crippen LogP contribution in [0.4, 0.5) is 10.6 Å². The Morgan fingerprint density at radius 2 is 2.15 bits per heavy atom. The van der Waals surface area contributed by atoms with E-state index >= 15 is 0 Å². The number of imide groups is 1. The summed E-state index contributed by atoms with van der Waals surface area (Å²) in [6, 6.07) is 5.98. The molecule has 2 amide bonds. The first-order chi connectivity index (χ1) is 9.69. The predicted molar refractivity (Wildman–Crippen MR) is 71.3 cm³/mol. The van der Waals surface area contributed by atoms with E-state index in [9.17, 15) is 9.59 Å². The number of carbonyl (C=O) groups excluding carboxylic acids is 2. The van der Waals surface area contributed by atoms with Gasteiger partial charge in [0.05, 0.1) is 13.3 Å². The van der Waals surface area contributed by atoms with Gasteiger partial charge in [0.1, 0.15) is 26.2 Å². The fourth-order valence-electron chi connectivity index (χ4n) is 2.26. The Labute approximate surface area is 117 Å². The molecule has 0 radical (unpaired) electrons. The molecule has 0 aromatic carbocycles. The van der Waals surface area contributed by atoms with Crippen molar-refractivity contribution in [2.75, 3.05) is 44.7 Å². The second-order valence-electron chi connectivity index (χ2n) is 4.70. The number of ether oxygens (including phenoxy) is 1. The number of alkyl carbamates (subject to hydrolysis) is 1. The maximum atomic E-state index is 11.6. The summed E-state index contributed by atoms with van der Waals surface area (Å²) in [5, 5.41) is 2.18. The molecule has 0 unspecified atom stereocenters. The molecule has 0 spiro atoms. The average molecular weight is 280 g/mol. The number of anilines is 1. The van der Waals surface area contributed by atoms with Gasteiger partial charge in [-0.25, -0.2) is 9.78 Å². The van der Waals surface area contributed by atoms with Gasteiger partial charge in [0, 0.05) is 6.07 Å². The molecule has 1 fully saturated rings. The number of rotatable bonds is 3. The van der Waals surface area contributed by atoms with Crippen LogP contribution in [-0.4, -0.2) is 51.8 Å². The molecule has 7 heteroatoms. The molecule has 3 N–H and O–H groups in total. The number of hydrogen-bond acceptors (Lipinski definition) is 4. The zero-order valence-corrected chi connectivity index (χ0v) is 11.5. The molecular weight excluding hydrogens is 260 g/mol. The van der Waals surface area contributed by atoms with E-state index in [1.165, 1.54) is 12.0 Å². The van der Waals surface area contributed by atoms with E-state index in [2.05, 4.69) is 19.9 Å². The van der Waals surface area contributed by atoms with Gasteiger partial charge in [-0.1, -0.05) is 6.07 Å². The standard InChI is InChI=1S/C13H18N4O3/c1-20-13(19)15-12(18)10-16-6-8-17(9-7-16)11-4-2-3-5-14-11/h2-5H,6-10H2,1H3,(H,15,18,19)/p+2. The van der Waals surface area contributed by atoms with Gasteiger partial charge in [0.25, 0.3) is 11.7 Å². The molecular formula is C13H20N4O3+2. The zero-order chi connectivity index (χ0) is 14.4. The lowest BCUT2D eigenvalue weighted by atomic mass is 10.3. The van der Waals surface area contributed by atoms with Gasteiger partial charge in [-0.05, 0) is 6.07 Å². The van der Waals surface area contributed by atoms with Crippen molar-refractivity contribution >= 4 is 17.8 Å². The molecule has 0 bridgehead atoms. The Bertz CT molecular complexity index is 458. The first-order valence-electron chi connectivity index (χ1n) is 6.62. The van der Waals surface area contributed by atoms with Gasteiger partial charge in [0.2, 0.25) is 0 Å². The summed E-state index contributed by atoms with van der Waals surface area (Å²) >= 11 is 0. The van der Waals surface area contributed by atoms with E-state index in [1.807, 2.05) is 24.4 Å². The first kappa shape index (κ1) is 14.3. The van der Waals surface area contributed by atoms with E-state index in [1.54, 1.807) is 0 Å². The molecule has 1 aliphatic rings. The number of H-pyrrole nitrogens is 1. The number of aromatic amines is 1. The smallest absolute Gasteiger partial charge is 0.413 e. The molecule has 1 aliphatic heterocycles. The van der Waals surface area contributed by atoms with Crippen LogP contribution in [0.15, 0.2) is 24.4 Å². The minimum Gasteiger partial charge on any atom is -0.453 e. The lowest BCUT2D eigenvalue weighted by Crippen LogP contribution is -3.16. The van der Waals surface area contributed by atoms with Crippen LogP contribution < -0.4 is 20.1 Å². The van der Waals surface area contributed by atoms with Crippen LogP contribution in [0.5, 0.6) is 0 Å². The largest absolute Gasteiger partial charge is 0.453 e. The summed E-state index contributed by atoms with van der Waals surface area (Å²) in [5.74, 6) is 0.789. The maximum Gasteiger partial charge on any atom is 0.413 e. The molecule has 0 saturated carbocycles. The van der Waals surface area contributed by atoms with Crippen molar-refractivity contribution in [1.82, 2.24) is 5.32 Å². The lowest BCUT2D eigenvalue weighted by molar-refractivity contribution is -0.892. The van der Waals surface area contributed by atoms with Crippen molar-refractivity contribution < 1.29 is 24.2 Å². The van der Waals surface area contributed by atoms with E-state index in [0.717, 1.165) is 32.0 Å². The highest BCUT2D eigenvalue weighted by molar-refractivity contribution is 5.92. The number of pyridine rings is 1. The monoisotopic (exact) mass is 280 g/mol. The highest BCUT2D eigenvalue weighted by Gasteiger charge is 2.27. The van der Waals surface area contributed by atoms with Crippen molar-refractivity contribution in [3.8, 4) is 0 Å². The van der Waals surface area contributed by atoms with Crippen LogP contribution in [0.1, 0.15) is 0 Å². The molecule has 2 heterocycles. The third-order valence-corrected chi connectivity index (χ3v) is 3.34. The van der Waals surface area contributed by atoms with E-state index in [0.29, 0.717) is 6.54 Å². The number of piperazine rings is 1. The number of nitrogens with one attached hydrogen (secondary N) is 3. The second-order valence-corrected chi connectivity index (χ2v) is 4.70. The number of aromatic nitrogens is 1. The third kappa shape index (κ3) is 3.92. The second kappa shape index (κ2) is 6.85. The van der Waals surface area contributed by atoms with Crippen molar-refractivity contribution in [3.63, 3.8) is 0 Å². The average Bonchev–Trinajstić information content (AvgIpc) is 2.48. The molecule has 0 aliphatic carbocycles. The zero-order valence-electron chi connectivity index (χ0n) is 11.5. The van der Waals surface area contributed by atoms with Crippen LogP contribution in [0.25, 0.3) is 0 Å². The number of nitrogens with zero attached hydrogens (tertiary/aromatic N) is 1. The fraction of sp³-hybridized carbons (Fsp3) is 0.462. The van der Waals surface area contributed by atoms with Gasteiger partial charge in [-0.2, -0.15) is 0 Å². The van der Waals surface area contributed by atoms with Gasteiger partial charge in [0.15, 0.2) is 6.54 Å². The molecule has 0 atom stereocenters. The van der Waals surface area contributed by atoms with Crippen molar-refractivity contribution in [3.05, 3.63) is 24.4 Å². The van der Waals surface area contributed by atoms with Crippen LogP contribution in [0, 0.1) is 0 Å². The van der Waals surface area contributed by atoms with Crippen LogP contribution in [-0.2, 0) is 9.53 Å². The number of amides is 2. The number of carbonyl (C=O) groups is 2. The minimum absolute atomic E-state index is 0.293. The summed E-state index contributed by atoms with van der Waals surface area (Å²) in [6.45, 7) is 3.76. The highest BCUT2D eigenvalue weighted by Crippen LogP contribution is 2.04. The van der Waals surface area contributed by atoms with E-state index in [-0.39, 0.29) is 5.91 Å². The molecule has 2 rings (SSSR count). The van der Waals surface area contributed by atoms with E-state index in [4.69, 9.17) is 0 Å². The van der Waals surface area contributed by atoms with Crippen molar-refractivity contribution in [1.29, 1.82) is 0 Å². The van der Waals surface area contributed by atoms with E-state index < -0.39 is 6.09 Å². The Hall–Kier alpha value is -2.15. The first-order valence-corrected chi connectivity index (χ1v) is 6.62. The normalized spacial score (nSPS) is 15.8. The summed E-state index contributed by atoms with van der Waals surface area (Å²) < 4.78 is 4.39. The Morgan fingerprint density at radius 1 is 1.40 bits per heavy atom. The predicted octanol–water partition coefficient (Wildman–Crippen LogP) is -1.91. The minimum atomic E-state index is -0.702. The topological polar surface area (TPSA) is 77.2 Å². The van der Waals surface area contributed by atoms with Gasteiger partial charge in [-0.3, -0.25) is 15.0 Å². The molecule has 1 aromatic heterocycles. The quantitative estimate of drug-likeness (QED) is 0.677. The Balaban J connectivity index is 1.77. The van der Waals surface area contributed by atoms with Crippen LogP contribution in [0.3, 0.4) is 0 Å². The molecule has 20 heavy (non-hydrogen) atoms. The van der Waals surface area contributed by atoms with Crippen molar-refractivity contribution in [2.45, 2.75) is 0 Å². The number of quaternary nitrogens is 1. The SMILES string of the molecule is COC(=O)NC(=O)C[NH+]1CCN(c2cccc[nH+]2)CC1. The van der Waals surface area contributed by atoms with Crippen LogP contribution >= 0.6 is 0 Å². The molecule has 7 nitrogen and oxygen atoms in total. The maximum absolute atomic E-state index is 11.6. The summed E-state index contributed by atoms with van der Waals surface area (Å²) in [6.07, 6.45) is 1.20. The number of methoxy groups -OCH3 is 1. The molecule has 1 aromatic rings. The van der Waals surface area contributed by atoms with Gasteiger partial charge >= 0.3 is 6.09 Å². The molecule has 108 valence electrons. The lowest BCUT2D eigenvalue weighted by Gasteiger charge is -2.27. The Kier molecular flexibility index (Phi) is 4.89. The highest BCUT2D eigenvalue weighted by atomic mass is 16.5. The van der Waals surface area contributed by atoms with Gasteiger partial charge < -0.3 is 9.64 Å². The third-order valence-electron chi connectivity index (χ3n) is 3.34. The summed E-state index contributed by atoms with van der Waals surface area (Å²) in [4.78, 5) is 29.1. The Morgan fingerprint density at radius 3 is 2.75 bits per heavy atom. The van der Waals surface area contributed by atoms with Crippen molar-refractivity contribution in [2.24, 2.45) is 0 Å². The summed E-state index contributed by atoms with van der Waals surface area (Å²) in [5.41, 5.74) is 0. The number of hydrogen-bond donors (Lipinski definition) is 2. The van der Waals surface area contributed by atoms with Gasteiger partial charge in [-0.15, -0.1) is 0 Å². The van der Waals surface area contributed by atoms with Crippen LogP contribution in [0.2, 0.25) is 0 Å². The summed E-state index contributed by atoms with van der Waals surface area (Å²) in [7, 11) is 1.24.